The van der Waals surface area contributed by atoms with Gasteiger partial charge in [-0.25, -0.2) is 9.59 Å². The Labute approximate surface area is 180 Å². The second kappa shape index (κ2) is 9.92. The van der Waals surface area contributed by atoms with E-state index in [1.807, 2.05) is 32.0 Å². The van der Waals surface area contributed by atoms with Crippen molar-refractivity contribution in [1.82, 2.24) is 9.88 Å². The highest BCUT2D eigenvalue weighted by Crippen LogP contribution is 2.20. The number of para-hydroxylation sites is 1. The maximum absolute atomic E-state index is 12.4. The molecule has 1 aromatic heterocycles. The van der Waals surface area contributed by atoms with E-state index >= 15 is 0 Å². The van der Waals surface area contributed by atoms with Crippen LogP contribution in [0.2, 0.25) is 0 Å². The van der Waals surface area contributed by atoms with Crippen molar-refractivity contribution in [2.75, 3.05) is 32.6 Å². The molecule has 2 N–H and O–H groups in total. The van der Waals surface area contributed by atoms with Crippen molar-refractivity contribution in [2.45, 2.75) is 27.7 Å². The van der Waals surface area contributed by atoms with E-state index in [0.717, 1.165) is 11.1 Å². The van der Waals surface area contributed by atoms with Crippen molar-refractivity contribution in [3.05, 3.63) is 51.8 Å². The Hall–Kier alpha value is -3.62. The molecule has 0 spiro atoms. The summed E-state index contributed by atoms with van der Waals surface area (Å²) < 4.78 is 9.77. The van der Waals surface area contributed by atoms with Crippen LogP contribution in [0.1, 0.15) is 43.2 Å². The van der Waals surface area contributed by atoms with Gasteiger partial charge in [0.05, 0.1) is 19.2 Å². The molecule has 9 nitrogen and oxygen atoms in total. The van der Waals surface area contributed by atoms with Gasteiger partial charge in [-0.1, -0.05) is 18.2 Å². The minimum atomic E-state index is -0.780. The van der Waals surface area contributed by atoms with Crippen LogP contribution in [0.25, 0.3) is 0 Å². The summed E-state index contributed by atoms with van der Waals surface area (Å²) in [6, 6.07) is 5.66. The highest BCUT2D eigenvalue weighted by atomic mass is 16.5. The average Bonchev–Trinajstić information content (AvgIpc) is 3.02. The Kier molecular flexibility index (Phi) is 7.57. The lowest BCUT2D eigenvalue weighted by Gasteiger charge is -2.18. The van der Waals surface area contributed by atoms with E-state index in [1.165, 1.54) is 19.1 Å². The van der Waals surface area contributed by atoms with Crippen molar-refractivity contribution < 1.29 is 28.7 Å². The SMILES string of the molecule is COC(=O)c1c(C)[nH]c(C(=O)OCC(=O)N(C)CC(=O)Nc2c(C)cccc2C)c1C. The molecular weight excluding hydrogens is 402 g/mol. The first-order chi connectivity index (χ1) is 14.6. The predicted molar refractivity (Wildman–Crippen MR) is 114 cm³/mol. The molecule has 2 aromatic rings. The molecule has 2 amide bonds. The summed E-state index contributed by atoms with van der Waals surface area (Å²) in [7, 11) is 2.69. The third kappa shape index (κ3) is 5.50. The number of anilines is 1. The quantitative estimate of drug-likeness (QED) is 0.652. The zero-order valence-corrected chi connectivity index (χ0v) is 18.5. The second-order valence-electron chi connectivity index (χ2n) is 7.26. The Bertz CT molecular complexity index is 1000. The number of aryl methyl sites for hydroxylation is 3. The predicted octanol–water partition coefficient (Wildman–Crippen LogP) is 2.29. The third-order valence-electron chi connectivity index (χ3n) is 4.91. The molecule has 0 bridgehead atoms. The number of methoxy groups -OCH3 is 1. The molecule has 0 aliphatic heterocycles. The molecular formula is C22H27N3O6. The molecule has 0 unspecified atom stereocenters. The van der Waals surface area contributed by atoms with Crippen LogP contribution in [-0.2, 0) is 19.1 Å². The lowest BCUT2D eigenvalue weighted by atomic mass is 10.1. The number of nitrogens with one attached hydrogen (secondary N) is 2. The van der Waals surface area contributed by atoms with Gasteiger partial charge in [-0.15, -0.1) is 0 Å². The van der Waals surface area contributed by atoms with Gasteiger partial charge in [0.1, 0.15) is 5.69 Å². The van der Waals surface area contributed by atoms with Gasteiger partial charge in [-0.05, 0) is 44.4 Å². The maximum atomic E-state index is 12.4. The molecule has 31 heavy (non-hydrogen) atoms. The van der Waals surface area contributed by atoms with Crippen LogP contribution < -0.4 is 5.32 Å². The third-order valence-corrected chi connectivity index (χ3v) is 4.91. The number of benzene rings is 1. The number of carbonyl (C=O) groups excluding carboxylic acids is 4. The topological polar surface area (TPSA) is 118 Å². The number of rotatable bonds is 7. The van der Waals surface area contributed by atoms with Gasteiger partial charge in [-0.3, -0.25) is 9.59 Å². The number of esters is 2. The van der Waals surface area contributed by atoms with Crippen LogP contribution in [0.5, 0.6) is 0 Å². The summed E-state index contributed by atoms with van der Waals surface area (Å²) >= 11 is 0. The molecule has 0 saturated heterocycles. The fourth-order valence-corrected chi connectivity index (χ4v) is 3.17. The van der Waals surface area contributed by atoms with E-state index in [-0.39, 0.29) is 23.7 Å². The number of ether oxygens (including phenoxy) is 2. The molecule has 0 saturated carbocycles. The Balaban J connectivity index is 1.94. The van der Waals surface area contributed by atoms with Crippen LogP contribution in [-0.4, -0.2) is 60.9 Å². The first-order valence-electron chi connectivity index (χ1n) is 9.61. The number of aromatic amines is 1. The van der Waals surface area contributed by atoms with Crippen LogP contribution in [0.4, 0.5) is 5.69 Å². The smallest absolute Gasteiger partial charge is 0.355 e. The Morgan fingerprint density at radius 3 is 2.23 bits per heavy atom. The monoisotopic (exact) mass is 429 g/mol. The minimum absolute atomic E-state index is 0.0705. The molecule has 1 aromatic carbocycles. The van der Waals surface area contributed by atoms with Crippen molar-refractivity contribution in [3.63, 3.8) is 0 Å². The highest BCUT2D eigenvalue weighted by molar-refractivity contribution is 5.99. The van der Waals surface area contributed by atoms with Crippen LogP contribution >= 0.6 is 0 Å². The fraction of sp³-hybridized carbons (Fsp3) is 0.364. The molecule has 2 rings (SSSR count). The van der Waals surface area contributed by atoms with Gasteiger partial charge in [0.15, 0.2) is 6.61 Å². The van der Waals surface area contributed by atoms with Crippen LogP contribution in [0.15, 0.2) is 18.2 Å². The molecule has 1 heterocycles. The largest absolute Gasteiger partial charge is 0.465 e. The lowest BCUT2D eigenvalue weighted by molar-refractivity contribution is -0.136. The van der Waals surface area contributed by atoms with E-state index in [2.05, 4.69) is 10.3 Å². The van der Waals surface area contributed by atoms with Crippen LogP contribution in [0, 0.1) is 27.7 Å². The van der Waals surface area contributed by atoms with Gasteiger partial charge >= 0.3 is 11.9 Å². The number of hydrogen-bond donors (Lipinski definition) is 2. The van der Waals surface area contributed by atoms with Gasteiger partial charge in [0.25, 0.3) is 5.91 Å². The van der Waals surface area contributed by atoms with E-state index in [1.54, 1.807) is 13.8 Å². The van der Waals surface area contributed by atoms with Crippen molar-refractivity contribution in [2.24, 2.45) is 0 Å². The van der Waals surface area contributed by atoms with Crippen molar-refractivity contribution >= 4 is 29.4 Å². The minimum Gasteiger partial charge on any atom is -0.465 e. The fourth-order valence-electron chi connectivity index (χ4n) is 3.17. The molecule has 0 aliphatic rings. The zero-order chi connectivity index (χ0) is 23.3. The van der Waals surface area contributed by atoms with E-state index in [0.29, 0.717) is 16.9 Å². The number of carbonyl (C=O) groups is 4. The molecule has 166 valence electrons. The van der Waals surface area contributed by atoms with Gasteiger partial charge in [-0.2, -0.15) is 0 Å². The molecule has 9 heteroatoms. The summed E-state index contributed by atoms with van der Waals surface area (Å²) in [6.07, 6.45) is 0. The number of likely N-dealkylation sites (N-methyl/N-ethyl adjacent to an activating group) is 1. The van der Waals surface area contributed by atoms with Crippen molar-refractivity contribution in [3.8, 4) is 0 Å². The molecule has 0 aliphatic carbocycles. The van der Waals surface area contributed by atoms with Gasteiger partial charge in [0.2, 0.25) is 5.91 Å². The standard InChI is InChI=1S/C22H27N3O6/c1-12-8-7-9-13(2)19(12)24-16(26)10-25(5)17(27)11-31-22(29)20-14(3)18(15(4)23-20)21(28)30-6/h7-9,23H,10-11H2,1-6H3,(H,24,26). The maximum Gasteiger partial charge on any atom is 0.355 e. The highest BCUT2D eigenvalue weighted by Gasteiger charge is 2.24. The Morgan fingerprint density at radius 2 is 1.65 bits per heavy atom. The second-order valence-corrected chi connectivity index (χ2v) is 7.26. The molecule has 0 radical (unpaired) electrons. The van der Waals surface area contributed by atoms with E-state index in [4.69, 9.17) is 9.47 Å². The first-order valence-corrected chi connectivity index (χ1v) is 9.61. The van der Waals surface area contributed by atoms with E-state index in [9.17, 15) is 19.2 Å². The van der Waals surface area contributed by atoms with Gasteiger partial charge in [0, 0.05) is 18.4 Å². The zero-order valence-electron chi connectivity index (χ0n) is 18.5. The normalized spacial score (nSPS) is 10.4. The number of aromatic nitrogens is 1. The summed E-state index contributed by atoms with van der Waals surface area (Å²) in [5, 5.41) is 2.80. The summed E-state index contributed by atoms with van der Waals surface area (Å²) in [5.74, 6) is -2.26. The van der Waals surface area contributed by atoms with E-state index < -0.39 is 24.5 Å². The Morgan fingerprint density at radius 1 is 1.03 bits per heavy atom. The lowest BCUT2D eigenvalue weighted by Crippen LogP contribution is -2.37. The number of amides is 2. The summed E-state index contributed by atoms with van der Waals surface area (Å²) in [4.78, 5) is 52.7. The van der Waals surface area contributed by atoms with Crippen molar-refractivity contribution in [1.29, 1.82) is 0 Å². The number of hydrogen-bond acceptors (Lipinski definition) is 6. The molecule has 0 atom stereocenters. The summed E-state index contributed by atoms with van der Waals surface area (Å²) in [5.41, 5.74) is 3.70. The van der Waals surface area contributed by atoms with Crippen LogP contribution in [0.3, 0.4) is 0 Å². The average molecular weight is 429 g/mol. The summed E-state index contributed by atoms with van der Waals surface area (Å²) in [6.45, 7) is 6.23. The molecule has 0 fully saturated rings. The van der Waals surface area contributed by atoms with Gasteiger partial charge < -0.3 is 24.7 Å². The first kappa shape index (κ1) is 23.7. The number of nitrogens with zero attached hydrogens (tertiary/aromatic N) is 1. The number of H-pyrrole nitrogens is 1.